The van der Waals surface area contributed by atoms with Gasteiger partial charge >= 0.3 is 0 Å². The highest BCUT2D eigenvalue weighted by Gasteiger charge is 2.23. The van der Waals surface area contributed by atoms with Crippen LogP contribution in [0.2, 0.25) is 0 Å². The minimum atomic E-state index is -0.780. The maximum absolute atomic E-state index is 12.6. The minimum absolute atomic E-state index is 0.255. The molecule has 0 saturated heterocycles. The van der Waals surface area contributed by atoms with Gasteiger partial charge in [-0.3, -0.25) is 14.6 Å². The number of rotatable bonds is 9. The average molecular weight is 355 g/mol. The number of carbonyl (C=O) groups is 2. The zero-order chi connectivity index (χ0) is 18.8. The van der Waals surface area contributed by atoms with E-state index in [4.69, 9.17) is 4.74 Å². The highest BCUT2D eigenvalue weighted by atomic mass is 16.5. The lowest BCUT2D eigenvalue weighted by Crippen LogP contribution is -2.41. The van der Waals surface area contributed by atoms with E-state index in [0.29, 0.717) is 26.2 Å². The molecule has 1 aromatic carbocycles. The topological polar surface area (TPSA) is 80.3 Å². The standard InChI is InChI=1S/C20H25N3O3/c1-3-26-14-6-13-22-20(25)18(16-10-8-15(2)9-11-16)23-19(24)17-7-4-5-12-21-17/h4-5,7-12,18H,3,6,13-14H2,1-2H3,(H,22,25)(H,23,24)/t18-/m0/s1. The van der Waals surface area contributed by atoms with Gasteiger partial charge in [0.05, 0.1) is 0 Å². The Hall–Kier alpha value is -2.73. The number of ether oxygens (including phenoxy) is 1. The Labute approximate surface area is 154 Å². The predicted octanol–water partition coefficient (Wildman–Crippen LogP) is 2.40. The lowest BCUT2D eigenvalue weighted by atomic mass is 10.0. The van der Waals surface area contributed by atoms with Gasteiger partial charge in [0.1, 0.15) is 11.7 Å². The van der Waals surface area contributed by atoms with Crippen molar-refractivity contribution in [3.8, 4) is 0 Å². The average Bonchev–Trinajstić information content (AvgIpc) is 2.67. The van der Waals surface area contributed by atoms with Crippen molar-refractivity contribution in [1.82, 2.24) is 15.6 Å². The van der Waals surface area contributed by atoms with Gasteiger partial charge in [0.25, 0.3) is 5.91 Å². The van der Waals surface area contributed by atoms with Crippen LogP contribution < -0.4 is 10.6 Å². The molecule has 6 heteroatoms. The van der Waals surface area contributed by atoms with Gasteiger partial charge < -0.3 is 15.4 Å². The molecule has 0 aliphatic rings. The van der Waals surface area contributed by atoms with Crippen LogP contribution in [-0.4, -0.2) is 36.6 Å². The van der Waals surface area contributed by atoms with E-state index in [-0.39, 0.29) is 17.5 Å². The molecule has 0 bridgehead atoms. The van der Waals surface area contributed by atoms with E-state index >= 15 is 0 Å². The predicted molar refractivity (Wildman–Crippen MR) is 99.7 cm³/mol. The van der Waals surface area contributed by atoms with Crippen LogP contribution in [0.1, 0.15) is 41.0 Å². The second kappa shape index (κ2) is 10.3. The molecule has 0 spiro atoms. The quantitative estimate of drug-likeness (QED) is 0.677. The second-order valence-electron chi connectivity index (χ2n) is 5.87. The molecule has 0 unspecified atom stereocenters. The molecule has 0 aliphatic carbocycles. The molecule has 0 aliphatic heterocycles. The molecule has 2 aromatic rings. The van der Waals surface area contributed by atoms with Gasteiger partial charge in [-0.05, 0) is 38.0 Å². The molecule has 0 fully saturated rings. The van der Waals surface area contributed by atoms with Crippen LogP contribution in [0.5, 0.6) is 0 Å². The van der Waals surface area contributed by atoms with Crippen molar-refractivity contribution in [1.29, 1.82) is 0 Å². The number of nitrogens with one attached hydrogen (secondary N) is 2. The van der Waals surface area contributed by atoms with E-state index < -0.39 is 6.04 Å². The summed E-state index contributed by atoms with van der Waals surface area (Å²) in [4.78, 5) is 29.1. The van der Waals surface area contributed by atoms with E-state index in [1.165, 1.54) is 0 Å². The van der Waals surface area contributed by atoms with E-state index in [0.717, 1.165) is 11.1 Å². The third-order valence-corrected chi connectivity index (χ3v) is 3.81. The van der Waals surface area contributed by atoms with Crippen molar-refractivity contribution in [2.24, 2.45) is 0 Å². The van der Waals surface area contributed by atoms with Crippen molar-refractivity contribution in [3.05, 3.63) is 65.5 Å². The molecule has 1 heterocycles. The Bertz CT molecular complexity index is 702. The molecule has 138 valence electrons. The SMILES string of the molecule is CCOCCCNC(=O)[C@@H](NC(=O)c1ccccn1)c1ccc(C)cc1. The summed E-state index contributed by atoms with van der Waals surface area (Å²) >= 11 is 0. The maximum Gasteiger partial charge on any atom is 0.270 e. The fourth-order valence-corrected chi connectivity index (χ4v) is 2.39. The first-order chi connectivity index (χ1) is 12.6. The van der Waals surface area contributed by atoms with Crippen molar-refractivity contribution < 1.29 is 14.3 Å². The first kappa shape index (κ1) is 19.6. The summed E-state index contributed by atoms with van der Waals surface area (Å²) in [6, 6.07) is 11.8. The zero-order valence-electron chi connectivity index (χ0n) is 15.2. The van der Waals surface area contributed by atoms with Gasteiger partial charge in [0.15, 0.2) is 0 Å². The fourth-order valence-electron chi connectivity index (χ4n) is 2.39. The zero-order valence-corrected chi connectivity index (χ0v) is 15.2. The van der Waals surface area contributed by atoms with Gasteiger partial charge in [0.2, 0.25) is 5.91 Å². The van der Waals surface area contributed by atoms with Crippen molar-refractivity contribution >= 4 is 11.8 Å². The molecule has 0 radical (unpaired) electrons. The summed E-state index contributed by atoms with van der Waals surface area (Å²) in [6.07, 6.45) is 2.26. The van der Waals surface area contributed by atoms with Crippen molar-refractivity contribution in [2.75, 3.05) is 19.8 Å². The highest BCUT2D eigenvalue weighted by Crippen LogP contribution is 2.15. The number of aryl methyl sites for hydroxylation is 1. The molecule has 0 saturated carbocycles. The summed E-state index contributed by atoms with van der Waals surface area (Å²) in [5.74, 6) is -0.643. The van der Waals surface area contributed by atoms with Crippen molar-refractivity contribution in [2.45, 2.75) is 26.3 Å². The normalized spacial score (nSPS) is 11.6. The number of benzene rings is 1. The first-order valence-electron chi connectivity index (χ1n) is 8.75. The molecule has 1 aromatic heterocycles. The van der Waals surface area contributed by atoms with Gasteiger partial charge in [-0.1, -0.05) is 35.9 Å². The number of nitrogens with zero attached hydrogens (tertiary/aromatic N) is 1. The molecule has 1 atom stereocenters. The lowest BCUT2D eigenvalue weighted by Gasteiger charge is -2.19. The van der Waals surface area contributed by atoms with Crippen LogP contribution >= 0.6 is 0 Å². The summed E-state index contributed by atoms with van der Waals surface area (Å²) in [6.45, 7) is 5.63. The fraction of sp³-hybridized carbons (Fsp3) is 0.350. The monoisotopic (exact) mass is 355 g/mol. The van der Waals surface area contributed by atoms with Crippen LogP contribution in [0.4, 0.5) is 0 Å². The van der Waals surface area contributed by atoms with Gasteiger partial charge in [-0.15, -0.1) is 0 Å². The second-order valence-corrected chi connectivity index (χ2v) is 5.87. The van der Waals surface area contributed by atoms with Gasteiger partial charge in [0, 0.05) is 26.0 Å². The van der Waals surface area contributed by atoms with E-state index in [2.05, 4.69) is 15.6 Å². The van der Waals surface area contributed by atoms with Crippen LogP contribution in [0.25, 0.3) is 0 Å². The Balaban J connectivity index is 2.07. The number of hydrogen-bond donors (Lipinski definition) is 2. The smallest absolute Gasteiger partial charge is 0.270 e. The molecular weight excluding hydrogens is 330 g/mol. The lowest BCUT2D eigenvalue weighted by molar-refractivity contribution is -0.123. The Kier molecular flexibility index (Phi) is 7.76. The Morgan fingerprint density at radius 2 is 1.92 bits per heavy atom. The largest absolute Gasteiger partial charge is 0.382 e. The molecular formula is C20H25N3O3. The number of hydrogen-bond acceptors (Lipinski definition) is 4. The number of carbonyl (C=O) groups excluding carboxylic acids is 2. The Morgan fingerprint density at radius 1 is 1.15 bits per heavy atom. The number of amides is 2. The third kappa shape index (κ3) is 5.97. The van der Waals surface area contributed by atoms with Crippen LogP contribution in [0.3, 0.4) is 0 Å². The summed E-state index contributed by atoms with van der Waals surface area (Å²) in [5.41, 5.74) is 2.08. The van der Waals surface area contributed by atoms with Crippen LogP contribution in [-0.2, 0) is 9.53 Å². The van der Waals surface area contributed by atoms with Crippen LogP contribution in [0, 0.1) is 6.92 Å². The van der Waals surface area contributed by atoms with Crippen LogP contribution in [0.15, 0.2) is 48.7 Å². The summed E-state index contributed by atoms with van der Waals surface area (Å²) in [7, 11) is 0. The molecule has 2 amide bonds. The summed E-state index contributed by atoms with van der Waals surface area (Å²) in [5, 5.41) is 5.63. The summed E-state index contributed by atoms with van der Waals surface area (Å²) < 4.78 is 5.27. The highest BCUT2D eigenvalue weighted by molar-refractivity contribution is 5.96. The molecule has 2 N–H and O–H groups in total. The van der Waals surface area contributed by atoms with E-state index in [1.807, 2.05) is 38.1 Å². The minimum Gasteiger partial charge on any atom is -0.382 e. The Morgan fingerprint density at radius 3 is 2.58 bits per heavy atom. The molecule has 2 rings (SSSR count). The van der Waals surface area contributed by atoms with E-state index in [9.17, 15) is 9.59 Å². The van der Waals surface area contributed by atoms with Crippen molar-refractivity contribution in [3.63, 3.8) is 0 Å². The first-order valence-corrected chi connectivity index (χ1v) is 8.75. The third-order valence-electron chi connectivity index (χ3n) is 3.81. The number of pyridine rings is 1. The molecule has 26 heavy (non-hydrogen) atoms. The molecule has 6 nitrogen and oxygen atoms in total. The maximum atomic E-state index is 12.6. The van der Waals surface area contributed by atoms with Gasteiger partial charge in [-0.25, -0.2) is 0 Å². The number of aromatic nitrogens is 1. The van der Waals surface area contributed by atoms with Gasteiger partial charge in [-0.2, -0.15) is 0 Å². The van der Waals surface area contributed by atoms with E-state index in [1.54, 1.807) is 24.4 Å².